The van der Waals surface area contributed by atoms with Crippen molar-refractivity contribution in [1.29, 1.82) is 0 Å². The maximum absolute atomic E-state index is 5.50. The van der Waals surface area contributed by atoms with Gasteiger partial charge in [-0.2, -0.15) is 0 Å². The van der Waals surface area contributed by atoms with Gasteiger partial charge in [0.2, 0.25) is 0 Å². The fraction of sp³-hybridized carbons (Fsp3) is 0.833. The predicted molar refractivity (Wildman–Crippen MR) is 60.2 cm³/mol. The van der Waals surface area contributed by atoms with Gasteiger partial charge in [0.05, 0.1) is 6.26 Å². The number of ether oxygens (including phenoxy) is 1. The third-order valence-electron chi connectivity index (χ3n) is 3.19. The predicted octanol–water partition coefficient (Wildman–Crippen LogP) is 2.70. The van der Waals surface area contributed by atoms with Crippen LogP contribution in [-0.4, -0.2) is 18.7 Å². The molecule has 1 heterocycles. The smallest absolute Gasteiger partial charge is 0.110 e. The van der Waals surface area contributed by atoms with Gasteiger partial charge in [0.15, 0.2) is 0 Å². The highest BCUT2D eigenvalue weighted by molar-refractivity contribution is 4.83. The molecule has 1 aliphatic heterocycles. The first-order chi connectivity index (χ1) is 6.74. The van der Waals surface area contributed by atoms with Gasteiger partial charge in [0, 0.05) is 12.6 Å². The zero-order valence-corrected chi connectivity index (χ0v) is 9.62. The minimum atomic E-state index is 0.381. The molecule has 1 N–H and O–H groups in total. The summed E-state index contributed by atoms with van der Waals surface area (Å²) in [5.74, 6) is 0.745. The lowest BCUT2D eigenvalue weighted by atomic mass is 10.0. The SMILES string of the molecule is CCC(C)C(C)NCC1CCC=CO1. The number of hydrogen-bond acceptors (Lipinski definition) is 2. The summed E-state index contributed by atoms with van der Waals surface area (Å²) >= 11 is 0. The topological polar surface area (TPSA) is 21.3 Å². The molecule has 0 saturated heterocycles. The van der Waals surface area contributed by atoms with Crippen LogP contribution in [0.2, 0.25) is 0 Å². The zero-order valence-electron chi connectivity index (χ0n) is 9.62. The van der Waals surface area contributed by atoms with E-state index in [4.69, 9.17) is 4.74 Å². The van der Waals surface area contributed by atoms with Crippen molar-refractivity contribution >= 4 is 0 Å². The van der Waals surface area contributed by atoms with Gasteiger partial charge >= 0.3 is 0 Å². The molecule has 82 valence electrons. The molecular weight excluding hydrogens is 174 g/mol. The van der Waals surface area contributed by atoms with E-state index in [0.717, 1.165) is 25.3 Å². The van der Waals surface area contributed by atoms with E-state index >= 15 is 0 Å². The van der Waals surface area contributed by atoms with E-state index < -0.39 is 0 Å². The van der Waals surface area contributed by atoms with E-state index in [2.05, 4.69) is 32.2 Å². The van der Waals surface area contributed by atoms with Crippen LogP contribution in [0.25, 0.3) is 0 Å². The fourth-order valence-corrected chi connectivity index (χ4v) is 1.61. The van der Waals surface area contributed by atoms with Crippen LogP contribution in [0.4, 0.5) is 0 Å². The van der Waals surface area contributed by atoms with Gasteiger partial charge in [-0.3, -0.25) is 0 Å². The van der Waals surface area contributed by atoms with Crippen molar-refractivity contribution < 1.29 is 4.74 Å². The van der Waals surface area contributed by atoms with Gasteiger partial charge < -0.3 is 10.1 Å². The second-order valence-electron chi connectivity index (χ2n) is 4.29. The molecule has 0 fully saturated rings. The first kappa shape index (κ1) is 11.6. The van der Waals surface area contributed by atoms with Crippen LogP contribution in [-0.2, 0) is 4.74 Å². The standard InChI is InChI=1S/C12H23NO/c1-4-10(2)11(3)13-9-12-7-5-6-8-14-12/h6,8,10-13H,4-5,7,9H2,1-3H3. The Balaban J connectivity index is 2.16. The van der Waals surface area contributed by atoms with E-state index in [1.165, 1.54) is 6.42 Å². The monoisotopic (exact) mass is 197 g/mol. The zero-order chi connectivity index (χ0) is 10.4. The minimum Gasteiger partial charge on any atom is -0.497 e. The van der Waals surface area contributed by atoms with Crippen molar-refractivity contribution in [2.75, 3.05) is 6.54 Å². The number of allylic oxidation sites excluding steroid dienone is 1. The van der Waals surface area contributed by atoms with Crippen molar-refractivity contribution in [3.63, 3.8) is 0 Å². The van der Waals surface area contributed by atoms with E-state index in [1.807, 2.05) is 6.26 Å². The third-order valence-corrected chi connectivity index (χ3v) is 3.19. The summed E-state index contributed by atoms with van der Waals surface area (Å²) in [5, 5.41) is 3.54. The van der Waals surface area contributed by atoms with Crippen LogP contribution in [0.5, 0.6) is 0 Å². The maximum Gasteiger partial charge on any atom is 0.110 e. The third kappa shape index (κ3) is 3.70. The summed E-state index contributed by atoms with van der Waals surface area (Å²) in [7, 11) is 0. The maximum atomic E-state index is 5.50. The van der Waals surface area contributed by atoms with Gasteiger partial charge in [0.1, 0.15) is 6.10 Å². The Morgan fingerprint density at radius 1 is 1.50 bits per heavy atom. The van der Waals surface area contributed by atoms with E-state index in [-0.39, 0.29) is 0 Å². The highest BCUT2D eigenvalue weighted by Gasteiger charge is 2.14. The summed E-state index contributed by atoms with van der Waals surface area (Å²) in [6.07, 6.45) is 7.85. The molecule has 0 radical (unpaired) electrons. The second-order valence-corrected chi connectivity index (χ2v) is 4.29. The molecule has 0 aromatic carbocycles. The average molecular weight is 197 g/mol. The molecule has 2 heteroatoms. The first-order valence-corrected chi connectivity index (χ1v) is 5.78. The number of nitrogens with one attached hydrogen (secondary N) is 1. The van der Waals surface area contributed by atoms with Crippen LogP contribution >= 0.6 is 0 Å². The highest BCUT2D eigenvalue weighted by atomic mass is 16.5. The van der Waals surface area contributed by atoms with Gasteiger partial charge in [-0.15, -0.1) is 0 Å². The molecule has 0 aromatic rings. The Morgan fingerprint density at radius 2 is 2.29 bits per heavy atom. The molecule has 0 bridgehead atoms. The van der Waals surface area contributed by atoms with Gasteiger partial charge in [0.25, 0.3) is 0 Å². The van der Waals surface area contributed by atoms with E-state index in [9.17, 15) is 0 Å². The van der Waals surface area contributed by atoms with Crippen molar-refractivity contribution in [3.05, 3.63) is 12.3 Å². The molecule has 0 saturated carbocycles. The van der Waals surface area contributed by atoms with Gasteiger partial charge in [-0.1, -0.05) is 20.3 Å². The molecule has 0 amide bonds. The lowest BCUT2D eigenvalue weighted by Crippen LogP contribution is -2.38. The molecular formula is C12H23NO. The Morgan fingerprint density at radius 3 is 2.86 bits per heavy atom. The molecule has 1 rings (SSSR count). The summed E-state index contributed by atoms with van der Waals surface area (Å²) in [6, 6.07) is 0.592. The molecule has 0 aromatic heterocycles. The van der Waals surface area contributed by atoms with Crippen molar-refractivity contribution in [1.82, 2.24) is 5.32 Å². The quantitative estimate of drug-likeness (QED) is 0.731. The van der Waals surface area contributed by atoms with Crippen LogP contribution in [0.3, 0.4) is 0 Å². The normalized spacial score (nSPS) is 25.5. The Kier molecular flexibility index (Phi) is 5.02. The van der Waals surface area contributed by atoms with Crippen LogP contribution in [0.15, 0.2) is 12.3 Å². The molecule has 3 atom stereocenters. The summed E-state index contributed by atoms with van der Waals surface area (Å²) < 4.78 is 5.50. The summed E-state index contributed by atoms with van der Waals surface area (Å²) in [5.41, 5.74) is 0. The van der Waals surface area contributed by atoms with Crippen LogP contribution < -0.4 is 5.32 Å². The van der Waals surface area contributed by atoms with E-state index in [1.54, 1.807) is 0 Å². The first-order valence-electron chi connectivity index (χ1n) is 5.78. The van der Waals surface area contributed by atoms with Crippen LogP contribution in [0.1, 0.15) is 40.0 Å². The largest absolute Gasteiger partial charge is 0.497 e. The average Bonchev–Trinajstić information content (AvgIpc) is 2.26. The molecule has 14 heavy (non-hydrogen) atoms. The van der Waals surface area contributed by atoms with Crippen molar-refractivity contribution in [2.24, 2.45) is 5.92 Å². The second kappa shape index (κ2) is 6.07. The molecule has 1 aliphatic rings. The molecule has 2 nitrogen and oxygen atoms in total. The summed E-state index contributed by atoms with van der Waals surface area (Å²) in [6.45, 7) is 7.77. The lowest BCUT2D eigenvalue weighted by molar-refractivity contribution is 0.117. The number of rotatable bonds is 5. The lowest BCUT2D eigenvalue weighted by Gasteiger charge is -2.25. The minimum absolute atomic E-state index is 0.381. The Labute approximate surface area is 87.7 Å². The van der Waals surface area contributed by atoms with Crippen molar-refractivity contribution in [3.8, 4) is 0 Å². The fourth-order valence-electron chi connectivity index (χ4n) is 1.61. The molecule has 3 unspecified atom stereocenters. The molecule has 0 aliphatic carbocycles. The summed E-state index contributed by atoms with van der Waals surface area (Å²) in [4.78, 5) is 0. The van der Waals surface area contributed by atoms with E-state index in [0.29, 0.717) is 12.1 Å². The Bertz CT molecular complexity index is 179. The van der Waals surface area contributed by atoms with Gasteiger partial charge in [-0.25, -0.2) is 0 Å². The highest BCUT2D eigenvalue weighted by Crippen LogP contribution is 2.11. The van der Waals surface area contributed by atoms with Gasteiger partial charge in [-0.05, 0) is 31.8 Å². The Hall–Kier alpha value is -0.500. The van der Waals surface area contributed by atoms with Crippen molar-refractivity contribution in [2.45, 2.75) is 52.2 Å². The molecule has 0 spiro atoms. The number of hydrogen-bond donors (Lipinski definition) is 1. The van der Waals surface area contributed by atoms with Crippen LogP contribution in [0, 0.1) is 5.92 Å².